The summed E-state index contributed by atoms with van der Waals surface area (Å²) < 4.78 is 5.54. The smallest absolute Gasteiger partial charge is 0.119 e. The number of ether oxygens (including phenoxy) is 1. The Kier molecular flexibility index (Phi) is 4.66. The lowest BCUT2D eigenvalue weighted by molar-refractivity contribution is 0.107. The molecule has 0 amide bonds. The van der Waals surface area contributed by atoms with Crippen molar-refractivity contribution >= 4 is 11.6 Å². The fourth-order valence-corrected chi connectivity index (χ4v) is 2.20. The van der Waals surface area contributed by atoms with Crippen LogP contribution in [0.1, 0.15) is 19.3 Å². The Balaban J connectivity index is 1.70. The third-order valence-corrected chi connectivity index (χ3v) is 3.31. The number of halogens is 1. The first-order valence-corrected chi connectivity index (χ1v) is 6.43. The number of nitrogens with one attached hydrogen (secondary N) is 1. The van der Waals surface area contributed by atoms with E-state index >= 15 is 0 Å². The molecule has 0 spiro atoms. The van der Waals surface area contributed by atoms with Gasteiger partial charge in [0.15, 0.2) is 0 Å². The minimum Gasteiger partial charge on any atom is -0.493 e. The first-order chi connectivity index (χ1) is 8.25. The van der Waals surface area contributed by atoms with E-state index in [0.717, 1.165) is 25.1 Å². The number of hydrogen-bond donors (Lipinski definition) is 2. The van der Waals surface area contributed by atoms with Crippen LogP contribution in [0.15, 0.2) is 24.3 Å². The summed E-state index contributed by atoms with van der Waals surface area (Å²) >= 11 is 5.78. The fourth-order valence-electron chi connectivity index (χ4n) is 2.07. The van der Waals surface area contributed by atoms with Crippen LogP contribution in [0.2, 0.25) is 5.02 Å². The third-order valence-electron chi connectivity index (χ3n) is 3.06. The average molecular weight is 256 g/mol. The zero-order valence-corrected chi connectivity index (χ0v) is 10.5. The molecule has 0 aromatic heterocycles. The monoisotopic (exact) mass is 255 g/mol. The zero-order valence-electron chi connectivity index (χ0n) is 9.73. The second kappa shape index (κ2) is 6.24. The summed E-state index contributed by atoms with van der Waals surface area (Å²) in [4.78, 5) is 0. The molecule has 0 aliphatic carbocycles. The van der Waals surface area contributed by atoms with Crippen LogP contribution in [0.25, 0.3) is 0 Å². The van der Waals surface area contributed by atoms with Gasteiger partial charge in [-0.05, 0) is 43.7 Å². The SMILES string of the molecule is OC(CCOc1ccc(Cl)cc1)C1CCCN1. The highest BCUT2D eigenvalue weighted by Crippen LogP contribution is 2.16. The van der Waals surface area contributed by atoms with Crippen molar-refractivity contribution in [1.29, 1.82) is 0 Å². The van der Waals surface area contributed by atoms with E-state index in [1.165, 1.54) is 0 Å². The van der Waals surface area contributed by atoms with Crippen molar-refractivity contribution < 1.29 is 9.84 Å². The topological polar surface area (TPSA) is 41.5 Å². The highest BCUT2D eigenvalue weighted by molar-refractivity contribution is 6.30. The van der Waals surface area contributed by atoms with Gasteiger partial charge in [-0.2, -0.15) is 0 Å². The van der Waals surface area contributed by atoms with E-state index in [2.05, 4.69) is 5.32 Å². The molecule has 0 saturated carbocycles. The van der Waals surface area contributed by atoms with Crippen LogP contribution in [0.5, 0.6) is 5.75 Å². The molecule has 2 rings (SSSR count). The van der Waals surface area contributed by atoms with Crippen LogP contribution in [-0.4, -0.2) is 30.4 Å². The summed E-state index contributed by atoms with van der Waals surface area (Å²) in [6.45, 7) is 1.54. The molecule has 1 aliphatic rings. The predicted molar refractivity (Wildman–Crippen MR) is 68.6 cm³/mol. The van der Waals surface area contributed by atoms with E-state index in [-0.39, 0.29) is 12.1 Å². The normalized spacial score (nSPS) is 21.4. The van der Waals surface area contributed by atoms with Crippen molar-refractivity contribution in [2.24, 2.45) is 0 Å². The minimum atomic E-state index is -0.315. The number of hydrogen-bond acceptors (Lipinski definition) is 3. The van der Waals surface area contributed by atoms with Crippen molar-refractivity contribution in [1.82, 2.24) is 5.32 Å². The molecule has 94 valence electrons. The lowest BCUT2D eigenvalue weighted by Crippen LogP contribution is -2.35. The van der Waals surface area contributed by atoms with E-state index in [1.54, 1.807) is 12.1 Å². The maximum atomic E-state index is 9.91. The zero-order chi connectivity index (χ0) is 12.1. The number of aliphatic hydroxyl groups excluding tert-OH is 1. The largest absolute Gasteiger partial charge is 0.493 e. The molecule has 17 heavy (non-hydrogen) atoms. The average Bonchev–Trinajstić information content (AvgIpc) is 2.85. The van der Waals surface area contributed by atoms with Gasteiger partial charge in [0, 0.05) is 17.5 Å². The van der Waals surface area contributed by atoms with E-state index in [4.69, 9.17) is 16.3 Å². The summed E-state index contributed by atoms with van der Waals surface area (Å²) in [5.74, 6) is 0.793. The van der Waals surface area contributed by atoms with Gasteiger partial charge in [-0.25, -0.2) is 0 Å². The molecule has 1 aromatic rings. The number of aliphatic hydroxyl groups is 1. The van der Waals surface area contributed by atoms with Crippen molar-refractivity contribution in [3.63, 3.8) is 0 Å². The first-order valence-electron chi connectivity index (χ1n) is 6.05. The Labute approximate surface area is 107 Å². The standard InChI is InChI=1S/C13H18ClNO2/c14-10-3-5-11(6-4-10)17-9-7-13(16)12-2-1-8-15-12/h3-6,12-13,15-16H,1-2,7-9H2. The molecule has 1 saturated heterocycles. The van der Waals surface area contributed by atoms with Crippen molar-refractivity contribution in [2.45, 2.75) is 31.4 Å². The van der Waals surface area contributed by atoms with Gasteiger partial charge in [0.25, 0.3) is 0 Å². The van der Waals surface area contributed by atoms with E-state index in [9.17, 15) is 5.11 Å². The van der Waals surface area contributed by atoms with Crippen LogP contribution < -0.4 is 10.1 Å². The second-order valence-corrected chi connectivity index (χ2v) is 4.80. The van der Waals surface area contributed by atoms with Crippen LogP contribution in [-0.2, 0) is 0 Å². The maximum Gasteiger partial charge on any atom is 0.119 e. The Morgan fingerprint density at radius 2 is 2.18 bits per heavy atom. The van der Waals surface area contributed by atoms with Gasteiger partial charge >= 0.3 is 0 Å². The molecule has 1 aromatic carbocycles. The van der Waals surface area contributed by atoms with Crippen LogP contribution in [0, 0.1) is 0 Å². The van der Waals surface area contributed by atoms with Crippen molar-refractivity contribution in [3.05, 3.63) is 29.3 Å². The van der Waals surface area contributed by atoms with Crippen molar-refractivity contribution in [3.8, 4) is 5.75 Å². The molecule has 1 aliphatic heterocycles. The second-order valence-electron chi connectivity index (χ2n) is 4.36. The van der Waals surface area contributed by atoms with Crippen LogP contribution >= 0.6 is 11.6 Å². The molecule has 0 bridgehead atoms. The van der Waals surface area contributed by atoms with Gasteiger partial charge in [-0.3, -0.25) is 0 Å². The van der Waals surface area contributed by atoms with E-state index < -0.39 is 0 Å². The molecule has 2 N–H and O–H groups in total. The van der Waals surface area contributed by atoms with Crippen LogP contribution in [0.4, 0.5) is 0 Å². The Morgan fingerprint density at radius 3 is 2.82 bits per heavy atom. The lowest BCUT2D eigenvalue weighted by Gasteiger charge is -2.18. The lowest BCUT2D eigenvalue weighted by atomic mass is 10.1. The Bertz CT molecular complexity index is 336. The van der Waals surface area contributed by atoms with Gasteiger partial charge in [-0.15, -0.1) is 0 Å². The highest BCUT2D eigenvalue weighted by Gasteiger charge is 2.22. The summed E-state index contributed by atoms with van der Waals surface area (Å²) in [6.07, 6.45) is 2.55. The number of rotatable bonds is 5. The van der Waals surface area contributed by atoms with Gasteiger partial charge in [-0.1, -0.05) is 11.6 Å². The molecule has 2 atom stereocenters. The van der Waals surface area contributed by atoms with Gasteiger partial charge in [0.1, 0.15) is 5.75 Å². The maximum absolute atomic E-state index is 9.91. The summed E-state index contributed by atoms with van der Waals surface area (Å²) in [5, 5.41) is 13.9. The minimum absolute atomic E-state index is 0.240. The quantitative estimate of drug-likeness (QED) is 0.848. The van der Waals surface area contributed by atoms with Gasteiger partial charge in [0.2, 0.25) is 0 Å². The Morgan fingerprint density at radius 1 is 1.41 bits per heavy atom. The van der Waals surface area contributed by atoms with E-state index in [1.807, 2.05) is 12.1 Å². The van der Waals surface area contributed by atoms with Crippen molar-refractivity contribution in [2.75, 3.05) is 13.2 Å². The molecular formula is C13H18ClNO2. The van der Waals surface area contributed by atoms with E-state index in [0.29, 0.717) is 18.1 Å². The van der Waals surface area contributed by atoms with Gasteiger partial charge < -0.3 is 15.2 Å². The summed E-state index contributed by atoms with van der Waals surface area (Å²) in [5.41, 5.74) is 0. The van der Waals surface area contributed by atoms with Crippen LogP contribution in [0.3, 0.4) is 0 Å². The number of benzene rings is 1. The molecule has 4 heteroatoms. The predicted octanol–water partition coefficient (Wildman–Crippen LogP) is 2.22. The summed E-state index contributed by atoms with van der Waals surface area (Å²) in [6, 6.07) is 7.51. The molecular weight excluding hydrogens is 238 g/mol. The molecule has 0 radical (unpaired) electrons. The first kappa shape index (κ1) is 12.7. The van der Waals surface area contributed by atoms with Gasteiger partial charge in [0.05, 0.1) is 12.7 Å². The molecule has 3 nitrogen and oxygen atoms in total. The highest BCUT2D eigenvalue weighted by atomic mass is 35.5. The fraction of sp³-hybridized carbons (Fsp3) is 0.538. The third kappa shape index (κ3) is 3.87. The molecule has 1 heterocycles. The molecule has 1 fully saturated rings. The summed E-state index contributed by atoms with van der Waals surface area (Å²) in [7, 11) is 0. The Hall–Kier alpha value is -0.770. The molecule has 2 unspecified atom stereocenters.